The Morgan fingerprint density at radius 2 is 2.14 bits per heavy atom. The molecule has 3 nitrogen and oxygen atoms in total. The number of methoxy groups -OCH3 is 1. The van der Waals surface area contributed by atoms with Gasteiger partial charge in [0, 0.05) is 11.6 Å². The van der Waals surface area contributed by atoms with Gasteiger partial charge in [0.1, 0.15) is 11.5 Å². The summed E-state index contributed by atoms with van der Waals surface area (Å²) in [4.78, 5) is 0. The normalized spacial score (nSPS) is 12.1. The van der Waals surface area contributed by atoms with E-state index in [-0.39, 0.29) is 0 Å². The number of ether oxygens (including phenoxy) is 2. The fourth-order valence-electron chi connectivity index (χ4n) is 2.17. The molecule has 0 aliphatic rings. The molecule has 0 N–H and O–H groups in total. The highest BCUT2D eigenvalue weighted by Crippen LogP contribution is 2.26. The molecule has 21 heavy (non-hydrogen) atoms. The van der Waals surface area contributed by atoms with Gasteiger partial charge in [-0.15, -0.1) is 0 Å². The topological polar surface area (TPSA) is 42.2 Å². The Morgan fingerprint density at radius 1 is 1.33 bits per heavy atom. The van der Waals surface area contributed by atoms with Crippen molar-refractivity contribution < 1.29 is 9.47 Å². The summed E-state index contributed by atoms with van der Waals surface area (Å²) in [6.07, 6.45) is 8.00. The van der Waals surface area contributed by atoms with Crippen LogP contribution in [0.2, 0.25) is 0 Å². The fourth-order valence-corrected chi connectivity index (χ4v) is 2.17. The van der Waals surface area contributed by atoms with E-state index >= 15 is 0 Å². The fraction of sp³-hybridized carbons (Fsp3) is 0.500. The van der Waals surface area contributed by atoms with E-state index in [1.807, 2.05) is 24.3 Å². The Bertz CT molecular complexity index is 488. The number of nitrogens with zero attached hydrogens (tertiary/aromatic N) is 1. The predicted molar refractivity (Wildman–Crippen MR) is 86.4 cm³/mol. The Hall–Kier alpha value is -1.95. The van der Waals surface area contributed by atoms with Gasteiger partial charge in [0.05, 0.1) is 19.8 Å². The first-order valence-corrected chi connectivity index (χ1v) is 7.62. The molecule has 0 bridgehead atoms. The summed E-state index contributed by atoms with van der Waals surface area (Å²) in [5.41, 5.74) is 0.859. The summed E-state index contributed by atoms with van der Waals surface area (Å²) in [5.74, 6) is 2.17. The molecule has 1 rings (SSSR count). The maximum atomic E-state index is 8.64. The Morgan fingerprint density at radius 3 is 2.76 bits per heavy atom. The molecule has 0 aromatic heterocycles. The van der Waals surface area contributed by atoms with Crippen LogP contribution >= 0.6 is 0 Å². The summed E-state index contributed by atoms with van der Waals surface area (Å²) < 4.78 is 11.2. The van der Waals surface area contributed by atoms with Crippen LogP contribution < -0.4 is 9.47 Å². The largest absolute Gasteiger partial charge is 0.496 e. The van der Waals surface area contributed by atoms with Crippen molar-refractivity contribution in [2.75, 3.05) is 13.7 Å². The van der Waals surface area contributed by atoms with E-state index in [1.54, 1.807) is 13.2 Å². The van der Waals surface area contributed by atoms with E-state index < -0.39 is 0 Å². The minimum absolute atomic E-state index is 0.602. The quantitative estimate of drug-likeness (QED) is 0.611. The molecule has 0 saturated heterocycles. The lowest BCUT2D eigenvalue weighted by Crippen LogP contribution is -2.11. The average molecular weight is 287 g/mol. The second kappa shape index (κ2) is 9.88. The third-order valence-corrected chi connectivity index (χ3v) is 3.57. The van der Waals surface area contributed by atoms with Gasteiger partial charge < -0.3 is 9.47 Å². The minimum Gasteiger partial charge on any atom is -0.496 e. The van der Waals surface area contributed by atoms with Crippen LogP contribution in [0.5, 0.6) is 11.5 Å². The zero-order valence-electron chi connectivity index (χ0n) is 13.3. The van der Waals surface area contributed by atoms with Crippen molar-refractivity contribution >= 4 is 6.08 Å². The van der Waals surface area contributed by atoms with E-state index in [4.69, 9.17) is 14.7 Å². The molecule has 0 aliphatic heterocycles. The number of nitriles is 1. The van der Waals surface area contributed by atoms with E-state index in [0.29, 0.717) is 5.92 Å². The second-order valence-corrected chi connectivity index (χ2v) is 5.09. The molecule has 1 aromatic carbocycles. The van der Waals surface area contributed by atoms with Gasteiger partial charge in [-0.1, -0.05) is 33.1 Å². The zero-order valence-corrected chi connectivity index (χ0v) is 13.3. The highest BCUT2D eigenvalue weighted by atomic mass is 16.5. The van der Waals surface area contributed by atoms with Crippen molar-refractivity contribution in [1.82, 2.24) is 0 Å². The Balaban J connectivity index is 2.71. The molecule has 1 aromatic rings. The van der Waals surface area contributed by atoms with Gasteiger partial charge in [-0.2, -0.15) is 5.26 Å². The Kier molecular flexibility index (Phi) is 8.04. The molecule has 0 radical (unpaired) electrons. The maximum absolute atomic E-state index is 8.64. The SMILES string of the molecule is CCCCC(CC)COc1ccc(OC)c(/C=C/C#N)c1. The summed E-state index contributed by atoms with van der Waals surface area (Å²) in [7, 11) is 1.62. The molecule has 1 atom stereocenters. The number of benzene rings is 1. The lowest BCUT2D eigenvalue weighted by Gasteiger charge is -2.16. The van der Waals surface area contributed by atoms with Gasteiger partial charge in [-0.25, -0.2) is 0 Å². The number of rotatable bonds is 9. The first-order valence-electron chi connectivity index (χ1n) is 7.62. The predicted octanol–water partition coefficient (Wildman–Crippen LogP) is 4.83. The molecule has 3 heteroatoms. The molecular weight excluding hydrogens is 262 g/mol. The third kappa shape index (κ3) is 5.91. The summed E-state index contributed by atoms with van der Waals surface area (Å²) >= 11 is 0. The Labute approximate surface area is 128 Å². The van der Waals surface area contributed by atoms with Crippen LogP contribution in [0.15, 0.2) is 24.3 Å². The summed E-state index contributed by atoms with van der Waals surface area (Å²) in [5, 5.41) is 8.64. The molecule has 0 heterocycles. The minimum atomic E-state index is 0.602. The highest BCUT2D eigenvalue weighted by molar-refractivity contribution is 5.61. The van der Waals surface area contributed by atoms with Crippen LogP contribution in [0.25, 0.3) is 6.08 Å². The van der Waals surface area contributed by atoms with Crippen LogP contribution in [0.1, 0.15) is 45.1 Å². The number of hydrogen-bond acceptors (Lipinski definition) is 3. The third-order valence-electron chi connectivity index (χ3n) is 3.57. The summed E-state index contributed by atoms with van der Waals surface area (Å²) in [6.45, 7) is 5.16. The number of unbranched alkanes of at least 4 members (excludes halogenated alkanes) is 1. The molecule has 0 aliphatic carbocycles. The van der Waals surface area contributed by atoms with Gasteiger partial charge in [0.2, 0.25) is 0 Å². The summed E-state index contributed by atoms with van der Waals surface area (Å²) in [6, 6.07) is 7.69. The highest BCUT2D eigenvalue weighted by Gasteiger charge is 2.08. The van der Waals surface area contributed by atoms with E-state index in [0.717, 1.165) is 30.1 Å². The zero-order chi connectivity index (χ0) is 15.5. The van der Waals surface area contributed by atoms with Crippen LogP contribution in [0, 0.1) is 17.2 Å². The smallest absolute Gasteiger partial charge is 0.126 e. The second-order valence-electron chi connectivity index (χ2n) is 5.09. The van der Waals surface area contributed by atoms with Crippen LogP contribution in [0.4, 0.5) is 0 Å². The van der Waals surface area contributed by atoms with Crippen LogP contribution in [-0.4, -0.2) is 13.7 Å². The maximum Gasteiger partial charge on any atom is 0.126 e. The molecule has 0 spiro atoms. The van der Waals surface area contributed by atoms with Crippen molar-refractivity contribution in [3.8, 4) is 17.6 Å². The molecule has 0 saturated carbocycles. The molecular formula is C18H25NO2. The standard InChI is InChI=1S/C18H25NO2/c1-4-6-8-15(5-2)14-21-17-10-11-18(20-3)16(13-17)9-7-12-19/h7,9-11,13,15H,4-6,8,14H2,1-3H3/b9-7+. The number of hydrogen-bond donors (Lipinski definition) is 0. The average Bonchev–Trinajstić information content (AvgIpc) is 2.53. The molecule has 114 valence electrons. The van der Waals surface area contributed by atoms with Crippen molar-refractivity contribution in [3.63, 3.8) is 0 Å². The van der Waals surface area contributed by atoms with Gasteiger partial charge in [0.25, 0.3) is 0 Å². The first kappa shape index (κ1) is 17.1. The van der Waals surface area contributed by atoms with Gasteiger partial charge in [-0.3, -0.25) is 0 Å². The lowest BCUT2D eigenvalue weighted by atomic mass is 10.0. The number of allylic oxidation sites excluding steroid dienone is 1. The van der Waals surface area contributed by atoms with Crippen molar-refractivity contribution in [2.45, 2.75) is 39.5 Å². The van der Waals surface area contributed by atoms with Crippen molar-refractivity contribution in [1.29, 1.82) is 5.26 Å². The van der Waals surface area contributed by atoms with Crippen LogP contribution in [-0.2, 0) is 0 Å². The van der Waals surface area contributed by atoms with E-state index in [2.05, 4.69) is 13.8 Å². The lowest BCUT2D eigenvalue weighted by molar-refractivity contribution is 0.233. The molecule has 1 unspecified atom stereocenters. The van der Waals surface area contributed by atoms with Crippen molar-refractivity contribution in [2.24, 2.45) is 5.92 Å². The first-order chi connectivity index (χ1) is 10.2. The molecule has 0 fully saturated rings. The monoisotopic (exact) mass is 287 g/mol. The van der Waals surface area contributed by atoms with Crippen molar-refractivity contribution in [3.05, 3.63) is 29.8 Å². The van der Waals surface area contributed by atoms with Gasteiger partial charge in [0.15, 0.2) is 0 Å². The van der Waals surface area contributed by atoms with Crippen LogP contribution in [0.3, 0.4) is 0 Å². The van der Waals surface area contributed by atoms with Gasteiger partial charge >= 0.3 is 0 Å². The van der Waals surface area contributed by atoms with E-state index in [1.165, 1.54) is 25.3 Å². The molecule has 0 amide bonds. The van der Waals surface area contributed by atoms with E-state index in [9.17, 15) is 0 Å². The van der Waals surface area contributed by atoms with Gasteiger partial charge in [-0.05, 0) is 36.6 Å².